The SMILES string of the molecule is COc1ccc(-c2nc3c(c4c2C[C@H](C)OC4)CN(CCC(C)C)CC3)cc1. The predicted octanol–water partition coefficient (Wildman–Crippen LogP) is 4.62. The largest absolute Gasteiger partial charge is 0.497 e. The summed E-state index contributed by atoms with van der Waals surface area (Å²) in [6.45, 7) is 10.8. The van der Waals surface area contributed by atoms with E-state index in [9.17, 15) is 0 Å². The number of benzene rings is 1. The molecule has 0 fully saturated rings. The molecular formula is C24H32N2O2. The molecule has 0 N–H and O–H groups in total. The Bertz CT molecular complexity index is 829. The lowest BCUT2D eigenvalue weighted by molar-refractivity contribution is 0.0397. The van der Waals surface area contributed by atoms with E-state index in [-0.39, 0.29) is 6.10 Å². The molecule has 4 rings (SSSR count). The minimum Gasteiger partial charge on any atom is -0.497 e. The van der Waals surface area contributed by atoms with Gasteiger partial charge in [0.15, 0.2) is 0 Å². The van der Waals surface area contributed by atoms with Crippen LogP contribution in [0.3, 0.4) is 0 Å². The lowest BCUT2D eigenvalue weighted by Gasteiger charge is -2.34. The van der Waals surface area contributed by atoms with Crippen LogP contribution in [0.5, 0.6) is 5.75 Å². The molecule has 2 aliphatic rings. The highest BCUT2D eigenvalue weighted by atomic mass is 16.5. The normalized spacial score (nSPS) is 19.4. The van der Waals surface area contributed by atoms with Crippen molar-refractivity contribution in [2.45, 2.75) is 59.3 Å². The molecule has 1 aromatic heterocycles. The van der Waals surface area contributed by atoms with Crippen LogP contribution in [0.15, 0.2) is 24.3 Å². The van der Waals surface area contributed by atoms with E-state index in [1.165, 1.54) is 40.9 Å². The first-order valence-corrected chi connectivity index (χ1v) is 10.6. The van der Waals surface area contributed by atoms with E-state index < -0.39 is 0 Å². The summed E-state index contributed by atoms with van der Waals surface area (Å²) in [6.07, 6.45) is 3.45. The van der Waals surface area contributed by atoms with Crippen LogP contribution in [-0.4, -0.2) is 36.2 Å². The minimum atomic E-state index is 0.241. The molecule has 28 heavy (non-hydrogen) atoms. The van der Waals surface area contributed by atoms with Crippen LogP contribution in [0.1, 0.15) is 49.6 Å². The molecule has 0 amide bonds. The number of rotatable bonds is 5. The second-order valence-corrected chi connectivity index (χ2v) is 8.61. The van der Waals surface area contributed by atoms with Gasteiger partial charge in [-0.15, -0.1) is 0 Å². The minimum absolute atomic E-state index is 0.241. The molecule has 0 aliphatic carbocycles. The van der Waals surface area contributed by atoms with Gasteiger partial charge in [0, 0.05) is 37.2 Å². The van der Waals surface area contributed by atoms with E-state index in [1.807, 2.05) is 12.1 Å². The average molecular weight is 381 g/mol. The zero-order chi connectivity index (χ0) is 19.7. The summed E-state index contributed by atoms with van der Waals surface area (Å²) in [7, 11) is 1.71. The van der Waals surface area contributed by atoms with Crippen LogP contribution in [0.25, 0.3) is 11.3 Å². The highest BCUT2D eigenvalue weighted by molar-refractivity contribution is 5.67. The maximum atomic E-state index is 6.06. The highest BCUT2D eigenvalue weighted by Crippen LogP contribution is 2.36. The molecule has 150 valence electrons. The van der Waals surface area contributed by atoms with Gasteiger partial charge in [-0.25, -0.2) is 0 Å². The quantitative estimate of drug-likeness (QED) is 0.758. The van der Waals surface area contributed by atoms with Gasteiger partial charge < -0.3 is 9.47 Å². The third-order valence-electron chi connectivity index (χ3n) is 6.05. The van der Waals surface area contributed by atoms with Crippen molar-refractivity contribution in [2.24, 2.45) is 5.92 Å². The molecule has 1 atom stereocenters. The van der Waals surface area contributed by atoms with E-state index in [0.29, 0.717) is 6.61 Å². The van der Waals surface area contributed by atoms with Crippen molar-refractivity contribution in [1.29, 1.82) is 0 Å². The summed E-state index contributed by atoms with van der Waals surface area (Å²) in [4.78, 5) is 7.79. The summed E-state index contributed by atoms with van der Waals surface area (Å²) < 4.78 is 11.4. The van der Waals surface area contributed by atoms with Gasteiger partial charge in [-0.3, -0.25) is 9.88 Å². The number of aromatic nitrogens is 1. The number of pyridine rings is 1. The second kappa shape index (κ2) is 8.22. The zero-order valence-corrected chi connectivity index (χ0v) is 17.6. The fourth-order valence-electron chi connectivity index (χ4n) is 4.31. The van der Waals surface area contributed by atoms with Crippen molar-refractivity contribution >= 4 is 0 Å². The van der Waals surface area contributed by atoms with Gasteiger partial charge in [0.1, 0.15) is 5.75 Å². The van der Waals surface area contributed by atoms with Crippen LogP contribution in [0, 0.1) is 5.92 Å². The molecule has 0 spiro atoms. The first-order valence-electron chi connectivity index (χ1n) is 10.6. The number of ether oxygens (including phenoxy) is 2. The van der Waals surface area contributed by atoms with Gasteiger partial charge in [0.05, 0.1) is 25.5 Å². The van der Waals surface area contributed by atoms with Crippen LogP contribution in [-0.2, 0) is 30.7 Å². The van der Waals surface area contributed by atoms with Gasteiger partial charge in [0.25, 0.3) is 0 Å². The fourth-order valence-corrected chi connectivity index (χ4v) is 4.31. The smallest absolute Gasteiger partial charge is 0.118 e. The van der Waals surface area contributed by atoms with Gasteiger partial charge in [-0.05, 0) is 66.8 Å². The Kier molecular flexibility index (Phi) is 5.70. The Balaban J connectivity index is 1.71. The Morgan fingerprint density at radius 2 is 1.96 bits per heavy atom. The molecule has 0 saturated heterocycles. The summed E-state index contributed by atoms with van der Waals surface area (Å²) >= 11 is 0. The average Bonchev–Trinajstić information content (AvgIpc) is 2.71. The van der Waals surface area contributed by atoms with E-state index in [4.69, 9.17) is 14.5 Å². The van der Waals surface area contributed by atoms with Crippen LogP contribution in [0.2, 0.25) is 0 Å². The predicted molar refractivity (Wildman–Crippen MR) is 113 cm³/mol. The monoisotopic (exact) mass is 380 g/mol. The van der Waals surface area contributed by atoms with E-state index in [1.54, 1.807) is 7.11 Å². The molecule has 0 saturated carbocycles. The van der Waals surface area contributed by atoms with Gasteiger partial charge in [0.2, 0.25) is 0 Å². The lowest BCUT2D eigenvalue weighted by atomic mass is 9.88. The standard InChI is InChI=1S/C24H32N2O2/c1-16(2)9-11-26-12-10-23-21(14-26)22-15-28-17(3)13-20(22)24(25-23)18-5-7-19(27-4)8-6-18/h5-8,16-17H,9-15H2,1-4H3/t17-/m0/s1. The van der Waals surface area contributed by atoms with Gasteiger partial charge in [-0.1, -0.05) is 13.8 Å². The van der Waals surface area contributed by atoms with Gasteiger partial charge in [-0.2, -0.15) is 0 Å². The number of fused-ring (bicyclic) bond motifs is 3. The Labute approximate surface area is 168 Å². The molecule has 2 aliphatic heterocycles. The number of methoxy groups -OCH3 is 1. The van der Waals surface area contributed by atoms with Gasteiger partial charge >= 0.3 is 0 Å². The van der Waals surface area contributed by atoms with Crippen LogP contribution < -0.4 is 4.74 Å². The first kappa shape index (κ1) is 19.4. The first-order chi connectivity index (χ1) is 13.5. The van der Waals surface area contributed by atoms with Crippen molar-refractivity contribution in [3.05, 3.63) is 46.6 Å². The fraction of sp³-hybridized carbons (Fsp3) is 0.542. The third kappa shape index (κ3) is 3.94. The lowest BCUT2D eigenvalue weighted by Crippen LogP contribution is -2.35. The molecule has 0 unspecified atom stereocenters. The Morgan fingerprint density at radius 1 is 1.18 bits per heavy atom. The Hall–Kier alpha value is -1.91. The van der Waals surface area contributed by atoms with Crippen molar-refractivity contribution < 1.29 is 9.47 Å². The third-order valence-corrected chi connectivity index (χ3v) is 6.05. The maximum Gasteiger partial charge on any atom is 0.118 e. The second-order valence-electron chi connectivity index (χ2n) is 8.61. The molecule has 4 nitrogen and oxygen atoms in total. The molecular weight excluding hydrogens is 348 g/mol. The van der Waals surface area contributed by atoms with Crippen molar-refractivity contribution in [1.82, 2.24) is 9.88 Å². The highest BCUT2D eigenvalue weighted by Gasteiger charge is 2.28. The molecule has 0 bridgehead atoms. The zero-order valence-electron chi connectivity index (χ0n) is 17.6. The summed E-state index contributed by atoms with van der Waals surface area (Å²) in [5, 5.41) is 0. The van der Waals surface area contributed by atoms with E-state index in [0.717, 1.165) is 43.3 Å². The van der Waals surface area contributed by atoms with Crippen molar-refractivity contribution in [3.8, 4) is 17.0 Å². The molecule has 1 aromatic carbocycles. The molecule has 2 aromatic rings. The Morgan fingerprint density at radius 3 is 2.68 bits per heavy atom. The summed E-state index contributed by atoms with van der Waals surface area (Å²) in [6, 6.07) is 8.32. The van der Waals surface area contributed by atoms with Crippen molar-refractivity contribution in [3.63, 3.8) is 0 Å². The molecule has 4 heteroatoms. The molecule has 3 heterocycles. The maximum absolute atomic E-state index is 6.06. The van der Waals surface area contributed by atoms with Crippen LogP contribution >= 0.6 is 0 Å². The number of hydrogen-bond donors (Lipinski definition) is 0. The topological polar surface area (TPSA) is 34.6 Å². The van der Waals surface area contributed by atoms with Crippen molar-refractivity contribution in [2.75, 3.05) is 20.2 Å². The van der Waals surface area contributed by atoms with E-state index in [2.05, 4.69) is 37.8 Å². The number of nitrogens with zero attached hydrogens (tertiary/aromatic N) is 2. The number of hydrogen-bond acceptors (Lipinski definition) is 4. The van der Waals surface area contributed by atoms with E-state index >= 15 is 0 Å². The molecule has 0 radical (unpaired) electrons. The summed E-state index contributed by atoms with van der Waals surface area (Å²) in [5.41, 5.74) is 7.78. The van der Waals surface area contributed by atoms with Crippen LogP contribution in [0.4, 0.5) is 0 Å². The summed E-state index contributed by atoms with van der Waals surface area (Å²) in [5.74, 6) is 1.63.